The summed E-state index contributed by atoms with van der Waals surface area (Å²) in [4.78, 5) is 6.64. The van der Waals surface area contributed by atoms with Crippen LogP contribution >= 0.6 is 11.6 Å². The molecule has 30 heavy (non-hydrogen) atoms. The van der Waals surface area contributed by atoms with Crippen molar-refractivity contribution in [3.05, 3.63) is 95.0 Å². The van der Waals surface area contributed by atoms with E-state index in [2.05, 4.69) is 26.2 Å². The third-order valence-electron chi connectivity index (χ3n) is 5.68. The van der Waals surface area contributed by atoms with E-state index in [1.165, 1.54) is 0 Å². The number of hydrogen-bond acceptors (Lipinski definition) is 5. The molecular formula is C24H25ClN4O. The van der Waals surface area contributed by atoms with Crippen molar-refractivity contribution in [3.8, 4) is 0 Å². The Hall–Kier alpha value is -2.60. The predicted molar refractivity (Wildman–Crippen MR) is 119 cm³/mol. The summed E-state index contributed by atoms with van der Waals surface area (Å²) in [5.41, 5.74) is 3.12. The number of halogens is 1. The van der Waals surface area contributed by atoms with Gasteiger partial charge in [-0.05, 0) is 55.2 Å². The van der Waals surface area contributed by atoms with Crippen molar-refractivity contribution in [1.29, 1.82) is 0 Å². The van der Waals surface area contributed by atoms with Crippen LogP contribution in [0.1, 0.15) is 36.1 Å². The molecule has 2 aromatic heterocycles. The number of rotatable bonds is 6. The summed E-state index contributed by atoms with van der Waals surface area (Å²) >= 11 is 5.98. The van der Waals surface area contributed by atoms with Crippen LogP contribution in [-0.4, -0.2) is 44.8 Å². The van der Waals surface area contributed by atoms with Crippen molar-refractivity contribution in [2.45, 2.75) is 24.9 Å². The summed E-state index contributed by atoms with van der Waals surface area (Å²) in [6.07, 6.45) is 9.85. The minimum absolute atomic E-state index is 0.694. The van der Waals surface area contributed by atoms with Crippen LogP contribution in [0.3, 0.4) is 0 Å². The lowest BCUT2D eigenvalue weighted by Crippen LogP contribution is -2.42. The van der Waals surface area contributed by atoms with Gasteiger partial charge in [-0.15, -0.1) is 0 Å². The molecule has 5 nitrogen and oxygen atoms in total. The van der Waals surface area contributed by atoms with Gasteiger partial charge in [0.25, 0.3) is 0 Å². The van der Waals surface area contributed by atoms with E-state index in [0.717, 1.165) is 61.3 Å². The summed E-state index contributed by atoms with van der Waals surface area (Å²) in [6, 6.07) is 15.4. The Morgan fingerprint density at radius 2 is 1.83 bits per heavy atom. The second kappa shape index (κ2) is 9.47. The molecule has 0 amide bonds. The standard InChI is InChI=1S/C24H25ClN4O/c25-21-9-7-20(8-10-21)24(30)11-16-29(17-12-24)15-3-5-22(19-4-1-13-26-18-19)23-6-2-14-27-28-23/h1-2,4-10,13-14,18,30H,3,11-12,15-17H2/b22-5+. The first-order valence-electron chi connectivity index (χ1n) is 10.2. The summed E-state index contributed by atoms with van der Waals surface area (Å²) in [7, 11) is 0. The normalized spacial score (nSPS) is 17.1. The average molecular weight is 421 g/mol. The number of aliphatic hydroxyl groups is 1. The number of piperidine rings is 1. The fourth-order valence-corrected chi connectivity index (χ4v) is 4.05. The molecule has 1 saturated heterocycles. The van der Waals surface area contributed by atoms with Crippen LogP contribution in [0.25, 0.3) is 5.57 Å². The quantitative estimate of drug-likeness (QED) is 0.643. The number of aromatic nitrogens is 3. The summed E-state index contributed by atoms with van der Waals surface area (Å²) < 4.78 is 0. The van der Waals surface area contributed by atoms with Crippen LogP contribution < -0.4 is 0 Å². The molecule has 0 spiro atoms. The molecule has 1 fully saturated rings. The van der Waals surface area contributed by atoms with Gasteiger partial charge in [0.1, 0.15) is 0 Å². The molecule has 0 bridgehead atoms. The Balaban J connectivity index is 1.39. The molecule has 1 aliphatic heterocycles. The van der Waals surface area contributed by atoms with E-state index >= 15 is 0 Å². The average Bonchev–Trinajstić information content (AvgIpc) is 2.79. The third kappa shape index (κ3) is 4.93. The molecule has 1 aliphatic rings. The van der Waals surface area contributed by atoms with Crippen LogP contribution in [-0.2, 0) is 5.60 Å². The van der Waals surface area contributed by atoms with Crippen LogP contribution in [0.2, 0.25) is 5.02 Å². The van der Waals surface area contributed by atoms with Gasteiger partial charge in [-0.2, -0.15) is 10.2 Å². The highest BCUT2D eigenvalue weighted by Crippen LogP contribution is 2.33. The fourth-order valence-electron chi connectivity index (χ4n) is 3.92. The van der Waals surface area contributed by atoms with E-state index in [0.29, 0.717) is 5.02 Å². The minimum atomic E-state index is -0.766. The highest BCUT2D eigenvalue weighted by atomic mass is 35.5. The molecule has 0 saturated carbocycles. The van der Waals surface area contributed by atoms with Gasteiger partial charge in [0.05, 0.1) is 11.3 Å². The maximum absolute atomic E-state index is 11.1. The van der Waals surface area contributed by atoms with Gasteiger partial charge in [-0.3, -0.25) is 4.98 Å². The van der Waals surface area contributed by atoms with Gasteiger partial charge < -0.3 is 10.0 Å². The first-order valence-corrected chi connectivity index (χ1v) is 10.6. The summed E-state index contributed by atoms with van der Waals surface area (Å²) in [6.45, 7) is 2.65. The Bertz CT molecular complexity index is 928. The number of benzene rings is 1. The molecule has 4 rings (SSSR count). The van der Waals surface area contributed by atoms with Crippen LogP contribution in [0.5, 0.6) is 0 Å². The van der Waals surface area contributed by atoms with Crippen LogP contribution in [0.4, 0.5) is 0 Å². The van der Waals surface area contributed by atoms with E-state index < -0.39 is 5.60 Å². The first-order chi connectivity index (χ1) is 14.6. The zero-order valence-corrected chi connectivity index (χ0v) is 17.5. The zero-order valence-electron chi connectivity index (χ0n) is 16.8. The van der Waals surface area contributed by atoms with Crippen molar-refractivity contribution in [2.24, 2.45) is 0 Å². The topological polar surface area (TPSA) is 62.1 Å². The maximum Gasteiger partial charge on any atom is 0.0933 e. The largest absolute Gasteiger partial charge is 0.385 e. The first kappa shape index (κ1) is 20.7. The van der Waals surface area contributed by atoms with Gasteiger partial charge in [0.2, 0.25) is 0 Å². The highest BCUT2D eigenvalue weighted by Gasteiger charge is 2.33. The number of nitrogens with zero attached hydrogens (tertiary/aromatic N) is 4. The van der Waals surface area contributed by atoms with Crippen molar-refractivity contribution < 1.29 is 5.11 Å². The van der Waals surface area contributed by atoms with E-state index in [-0.39, 0.29) is 0 Å². The third-order valence-corrected chi connectivity index (χ3v) is 5.93. The molecule has 3 heterocycles. The zero-order chi connectivity index (χ0) is 20.8. The second-order valence-corrected chi connectivity index (χ2v) is 8.07. The lowest BCUT2D eigenvalue weighted by Gasteiger charge is -2.38. The molecule has 1 aromatic carbocycles. The summed E-state index contributed by atoms with van der Waals surface area (Å²) in [5, 5.41) is 20.1. The van der Waals surface area contributed by atoms with Crippen molar-refractivity contribution >= 4 is 17.2 Å². The van der Waals surface area contributed by atoms with Crippen molar-refractivity contribution in [1.82, 2.24) is 20.1 Å². The van der Waals surface area contributed by atoms with Gasteiger partial charge in [0.15, 0.2) is 0 Å². The highest BCUT2D eigenvalue weighted by molar-refractivity contribution is 6.30. The Kier molecular flexibility index (Phi) is 6.53. The predicted octanol–water partition coefficient (Wildman–Crippen LogP) is 4.33. The molecule has 3 aromatic rings. The van der Waals surface area contributed by atoms with Gasteiger partial charge in [-0.25, -0.2) is 0 Å². The monoisotopic (exact) mass is 420 g/mol. The van der Waals surface area contributed by atoms with Crippen LogP contribution in [0.15, 0.2) is 73.2 Å². The van der Waals surface area contributed by atoms with Gasteiger partial charge in [0, 0.05) is 54.4 Å². The fraction of sp³-hybridized carbons (Fsp3) is 0.292. The molecule has 6 heteroatoms. The van der Waals surface area contributed by atoms with E-state index in [4.69, 9.17) is 11.6 Å². The van der Waals surface area contributed by atoms with Crippen molar-refractivity contribution in [2.75, 3.05) is 19.6 Å². The molecule has 0 atom stereocenters. The molecule has 154 valence electrons. The van der Waals surface area contributed by atoms with Gasteiger partial charge >= 0.3 is 0 Å². The Labute approximate surface area is 182 Å². The molecule has 1 N–H and O–H groups in total. The minimum Gasteiger partial charge on any atom is -0.385 e. The Morgan fingerprint density at radius 1 is 1.07 bits per heavy atom. The smallest absolute Gasteiger partial charge is 0.0933 e. The molecule has 0 aliphatic carbocycles. The Morgan fingerprint density at radius 3 is 2.50 bits per heavy atom. The lowest BCUT2D eigenvalue weighted by atomic mass is 9.84. The van der Waals surface area contributed by atoms with Crippen molar-refractivity contribution in [3.63, 3.8) is 0 Å². The SMILES string of the molecule is OC1(c2ccc(Cl)cc2)CCN(CC/C=C(\c2cccnc2)c2cccnn2)CC1. The molecule has 0 radical (unpaired) electrons. The number of pyridine rings is 1. The molecular weight excluding hydrogens is 396 g/mol. The molecule has 0 unspecified atom stereocenters. The number of likely N-dealkylation sites (tertiary alicyclic amines) is 1. The lowest BCUT2D eigenvalue weighted by molar-refractivity contribution is -0.0254. The van der Waals surface area contributed by atoms with E-state index in [1.54, 1.807) is 12.4 Å². The second-order valence-electron chi connectivity index (χ2n) is 7.64. The maximum atomic E-state index is 11.1. The van der Waals surface area contributed by atoms with E-state index in [1.807, 2.05) is 54.7 Å². The summed E-state index contributed by atoms with van der Waals surface area (Å²) in [5.74, 6) is 0. The van der Waals surface area contributed by atoms with Crippen LogP contribution in [0, 0.1) is 0 Å². The van der Waals surface area contributed by atoms with Gasteiger partial charge in [-0.1, -0.05) is 35.9 Å². The number of hydrogen-bond donors (Lipinski definition) is 1. The van der Waals surface area contributed by atoms with E-state index in [9.17, 15) is 5.11 Å².